The first-order chi connectivity index (χ1) is 14.8. The summed E-state index contributed by atoms with van der Waals surface area (Å²) < 4.78 is 53.1. The summed E-state index contributed by atoms with van der Waals surface area (Å²) in [6, 6.07) is 14.7. The molecule has 3 aromatic carbocycles. The Morgan fingerprint density at radius 3 is 2.19 bits per heavy atom. The van der Waals surface area contributed by atoms with Crippen molar-refractivity contribution in [2.75, 3.05) is 0 Å². The number of alkyl halides is 3. The molecule has 0 aliphatic heterocycles. The SMILES string of the molecule is CCC1CCC(C#Cc2ccc(-c3ccc4c(F)c(C(F)(F)F)ccc4c3)cc2)CC1. The van der Waals surface area contributed by atoms with Crippen molar-refractivity contribution in [2.45, 2.75) is 45.2 Å². The molecule has 160 valence electrons. The van der Waals surface area contributed by atoms with Crippen molar-refractivity contribution in [3.05, 3.63) is 71.5 Å². The number of rotatable bonds is 2. The summed E-state index contributed by atoms with van der Waals surface area (Å²) in [5.74, 6) is 6.78. The Morgan fingerprint density at radius 1 is 0.871 bits per heavy atom. The van der Waals surface area contributed by atoms with Crippen LogP contribution in [0.25, 0.3) is 21.9 Å². The smallest absolute Gasteiger partial charge is 0.206 e. The van der Waals surface area contributed by atoms with Gasteiger partial charge in [-0.2, -0.15) is 13.2 Å². The van der Waals surface area contributed by atoms with Gasteiger partial charge >= 0.3 is 6.18 Å². The van der Waals surface area contributed by atoms with E-state index >= 15 is 0 Å². The van der Waals surface area contributed by atoms with E-state index in [2.05, 4.69) is 18.8 Å². The third-order valence-corrected chi connectivity index (χ3v) is 6.32. The summed E-state index contributed by atoms with van der Waals surface area (Å²) >= 11 is 0. The predicted molar refractivity (Wildman–Crippen MR) is 117 cm³/mol. The van der Waals surface area contributed by atoms with Crippen molar-refractivity contribution in [3.8, 4) is 23.0 Å². The fourth-order valence-electron chi connectivity index (χ4n) is 4.34. The van der Waals surface area contributed by atoms with Crippen LogP contribution in [0.3, 0.4) is 0 Å². The van der Waals surface area contributed by atoms with Gasteiger partial charge in [0, 0.05) is 16.9 Å². The van der Waals surface area contributed by atoms with Crippen molar-refractivity contribution < 1.29 is 17.6 Å². The van der Waals surface area contributed by atoms with Crippen LogP contribution >= 0.6 is 0 Å². The van der Waals surface area contributed by atoms with Gasteiger partial charge in [0.1, 0.15) is 5.82 Å². The predicted octanol–water partition coefficient (Wildman–Crippen LogP) is 8.23. The molecule has 0 atom stereocenters. The molecule has 0 amide bonds. The van der Waals surface area contributed by atoms with E-state index in [0.29, 0.717) is 11.3 Å². The van der Waals surface area contributed by atoms with Gasteiger partial charge in [-0.25, -0.2) is 4.39 Å². The molecule has 0 saturated heterocycles. The fourth-order valence-corrected chi connectivity index (χ4v) is 4.34. The molecule has 0 spiro atoms. The molecule has 0 heterocycles. The Balaban J connectivity index is 1.52. The first-order valence-corrected chi connectivity index (χ1v) is 10.8. The van der Waals surface area contributed by atoms with Crippen LogP contribution in [-0.4, -0.2) is 0 Å². The maximum Gasteiger partial charge on any atom is 0.419 e. The molecule has 3 aromatic rings. The number of hydrogen-bond donors (Lipinski definition) is 0. The van der Waals surface area contributed by atoms with E-state index in [0.717, 1.165) is 28.7 Å². The molecule has 0 unspecified atom stereocenters. The Hall–Kier alpha value is -2.80. The summed E-state index contributed by atoms with van der Waals surface area (Å²) in [5.41, 5.74) is 1.45. The first kappa shape index (κ1) is 21.4. The molecule has 1 aliphatic carbocycles. The van der Waals surface area contributed by atoms with Crippen molar-refractivity contribution in [3.63, 3.8) is 0 Å². The minimum atomic E-state index is -4.71. The lowest BCUT2D eigenvalue weighted by Crippen LogP contribution is -2.12. The van der Waals surface area contributed by atoms with Gasteiger partial charge in [0.2, 0.25) is 0 Å². The van der Waals surface area contributed by atoms with E-state index in [4.69, 9.17) is 0 Å². The Bertz CT molecular complexity index is 1120. The standard InChI is InChI=1S/C27H24F4/c1-2-18-3-5-19(6-4-18)7-8-20-9-11-21(12-10-20)22-13-15-24-23(17-22)14-16-25(26(24)28)27(29,30)31/h9-19H,2-6H2,1H3. The van der Waals surface area contributed by atoms with E-state index in [-0.39, 0.29) is 5.39 Å². The molecule has 4 heteroatoms. The lowest BCUT2D eigenvalue weighted by Gasteiger charge is -2.24. The third-order valence-electron chi connectivity index (χ3n) is 6.32. The third kappa shape index (κ3) is 4.77. The summed E-state index contributed by atoms with van der Waals surface area (Å²) in [6.45, 7) is 2.25. The molecule has 0 bridgehead atoms. The zero-order chi connectivity index (χ0) is 22.0. The molecule has 1 fully saturated rings. The highest BCUT2D eigenvalue weighted by Crippen LogP contribution is 2.36. The molecule has 0 aromatic heterocycles. The van der Waals surface area contributed by atoms with Crippen LogP contribution in [0.5, 0.6) is 0 Å². The molecule has 0 radical (unpaired) electrons. The lowest BCUT2D eigenvalue weighted by molar-refractivity contribution is -0.139. The van der Waals surface area contributed by atoms with Crippen LogP contribution in [0.1, 0.15) is 50.2 Å². The van der Waals surface area contributed by atoms with Gasteiger partial charge in [-0.05, 0) is 72.4 Å². The molecule has 4 rings (SSSR count). The van der Waals surface area contributed by atoms with E-state index in [1.807, 2.05) is 24.3 Å². The molecule has 31 heavy (non-hydrogen) atoms. The van der Waals surface area contributed by atoms with Crippen LogP contribution in [-0.2, 0) is 6.18 Å². The molecule has 0 nitrogen and oxygen atoms in total. The van der Waals surface area contributed by atoms with Gasteiger partial charge in [-0.3, -0.25) is 0 Å². The Morgan fingerprint density at radius 2 is 1.55 bits per heavy atom. The molecular formula is C27H24F4. The van der Waals surface area contributed by atoms with E-state index in [1.54, 1.807) is 12.1 Å². The highest BCUT2D eigenvalue weighted by molar-refractivity contribution is 5.88. The number of halogens is 4. The van der Waals surface area contributed by atoms with Gasteiger partial charge in [0.15, 0.2) is 0 Å². The highest BCUT2D eigenvalue weighted by atomic mass is 19.4. The molecule has 0 N–H and O–H groups in total. The van der Waals surface area contributed by atoms with Gasteiger partial charge in [0.05, 0.1) is 5.56 Å². The lowest BCUT2D eigenvalue weighted by atomic mass is 9.81. The van der Waals surface area contributed by atoms with Gasteiger partial charge in [-0.1, -0.05) is 55.5 Å². The number of hydrogen-bond acceptors (Lipinski definition) is 0. The summed E-state index contributed by atoms with van der Waals surface area (Å²) in [5, 5.41) is 0.411. The zero-order valence-electron chi connectivity index (χ0n) is 17.4. The van der Waals surface area contributed by atoms with Gasteiger partial charge in [0.25, 0.3) is 0 Å². The maximum absolute atomic E-state index is 14.3. The van der Waals surface area contributed by atoms with Crippen molar-refractivity contribution >= 4 is 10.8 Å². The van der Waals surface area contributed by atoms with E-state index < -0.39 is 17.6 Å². The van der Waals surface area contributed by atoms with Crippen molar-refractivity contribution in [1.82, 2.24) is 0 Å². The second kappa shape index (κ2) is 8.75. The minimum absolute atomic E-state index is 0.0288. The average Bonchev–Trinajstić information content (AvgIpc) is 2.77. The summed E-state index contributed by atoms with van der Waals surface area (Å²) in [6.07, 6.45) is 1.43. The summed E-state index contributed by atoms with van der Waals surface area (Å²) in [4.78, 5) is 0. The number of fused-ring (bicyclic) bond motifs is 1. The Kier molecular flexibility index (Phi) is 6.05. The molecule has 1 saturated carbocycles. The van der Waals surface area contributed by atoms with Gasteiger partial charge in [-0.15, -0.1) is 0 Å². The quantitative estimate of drug-likeness (QED) is 0.287. The van der Waals surface area contributed by atoms with Crippen molar-refractivity contribution in [1.29, 1.82) is 0 Å². The van der Waals surface area contributed by atoms with Crippen LogP contribution in [0.15, 0.2) is 54.6 Å². The largest absolute Gasteiger partial charge is 0.419 e. The first-order valence-electron chi connectivity index (χ1n) is 10.8. The maximum atomic E-state index is 14.3. The van der Waals surface area contributed by atoms with E-state index in [1.165, 1.54) is 44.2 Å². The van der Waals surface area contributed by atoms with Crippen LogP contribution in [0.4, 0.5) is 17.6 Å². The molecule has 1 aliphatic rings. The van der Waals surface area contributed by atoms with Gasteiger partial charge < -0.3 is 0 Å². The topological polar surface area (TPSA) is 0 Å². The Labute approximate surface area is 180 Å². The summed E-state index contributed by atoms with van der Waals surface area (Å²) in [7, 11) is 0. The monoisotopic (exact) mass is 424 g/mol. The minimum Gasteiger partial charge on any atom is -0.206 e. The normalized spacial score (nSPS) is 19.1. The second-order valence-electron chi connectivity index (χ2n) is 8.33. The fraction of sp³-hybridized carbons (Fsp3) is 0.333. The van der Waals surface area contributed by atoms with E-state index in [9.17, 15) is 17.6 Å². The highest BCUT2D eigenvalue weighted by Gasteiger charge is 2.34. The van der Waals surface area contributed by atoms with Crippen LogP contribution < -0.4 is 0 Å². The average molecular weight is 424 g/mol. The van der Waals surface area contributed by atoms with Crippen LogP contribution in [0.2, 0.25) is 0 Å². The zero-order valence-corrected chi connectivity index (χ0v) is 17.4. The number of benzene rings is 3. The molecular weight excluding hydrogens is 400 g/mol. The van der Waals surface area contributed by atoms with Crippen molar-refractivity contribution in [2.24, 2.45) is 11.8 Å². The van der Waals surface area contributed by atoms with Crippen LogP contribution in [0, 0.1) is 29.5 Å². The second-order valence-corrected chi connectivity index (χ2v) is 8.33.